The first-order valence-electron chi connectivity index (χ1n) is 10.8. The molecule has 5 rings (SSSR count). The fraction of sp³-hybridized carbons (Fsp3) is 0.0800. The summed E-state index contributed by atoms with van der Waals surface area (Å²) in [5.41, 5.74) is 2.54. The molecule has 0 fully saturated rings. The molecule has 0 spiro atoms. The molecule has 0 aliphatic heterocycles. The molecule has 5 aromatic rings. The molecule has 0 unspecified atom stereocenters. The fourth-order valence-corrected chi connectivity index (χ4v) is 6.74. The zero-order valence-electron chi connectivity index (χ0n) is 18.6. The van der Waals surface area contributed by atoms with Gasteiger partial charge in [-0.25, -0.2) is 18.4 Å². The number of sulfonamides is 1. The SMILES string of the molecule is CCN(c1ccccc1)S(=O)(=O)c1ccc(C(=O)Nc2nc(-c3nc4ccccc4s3)cs2)cc1. The number of anilines is 2. The Kier molecular flexibility index (Phi) is 6.33. The molecule has 0 saturated heterocycles. The Morgan fingerprint density at radius 2 is 1.66 bits per heavy atom. The number of carbonyl (C=O) groups excluding carboxylic acids is 1. The van der Waals surface area contributed by atoms with Crippen molar-refractivity contribution in [3.8, 4) is 10.7 Å². The number of rotatable bonds is 7. The predicted molar refractivity (Wildman–Crippen MR) is 142 cm³/mol. The molecule has 7 nitrogen and oxygen atoms in total. The highest BCUT2D eigenvalue weighted by Gasteiger charge is 2.24. The third kappa shape index (κ3) is 4.68. The van der Waals surface area contributed by atoms with Crippen molar-refractivity contribution in [3.05, 3.63) is 89.8 Å². The number of thiazole rings is 2. The summed E-state index contributed by atoms with van der Waals surface area (Å²) in [6.07, 6.45) is 0. The average molecular weight is 521 g/mol. The van der Waals surface area contributed by atoms with Gasteiger partial charge in [0.25, 0.3) is 15.9 Å². The van der Waals surface area contributed by atoms with Crippen LogP contribution in [0.3, 0.4) is 0 Å². The molecule has 2 aromatic heterocycles. The van der Waals surface area contributed by atoms with Gasteiger partial charge in [-0.3, -0.25) is 14.4 Å². The monoisotopic (exact) mass is 520 g/mol. The van der Waals surface area contributed by atoms with E-state index in [1.54, 1.807) is 42.5 Å². The van der Waals surface area contributed by atoms with E-state index in [1.807, 2.05) is 35.7 Å². The summed E-state index contributed by atoms with van der Waals surface area (Å²) in [6, 6.07) is 22.7. The van der Waals surface area contributed by atoms with E-state index in [0.29, 0.717) is 22.1 Å². The number of nitrogens with one attached hydrogen (secondary N) is 1. The number of aromatic nitrogens is 2. The molecule has 0 bridgehead atoms. The summed E-state index contributed by atoms with van der Waals surface area (Å²) >= 11 is 2.86. The second-order valence-electron chi connectivity index (χ2n) is 7.51. The molecule has 1 amide bonds. The molecule has 10 heteroatoms. The largest absolute Gasteiger partial charge is 0.298 e. The second-order valence-corrected chi connectivity index (χ2v) is 11.3. The van der Waals surface area contributed by atoms with Crippen molar-refractivity contribution >= 4 is 59.6 Å². The van der Waals surface area contributed by atoms with Crippen molar-refractivity contribution in [3.63, 3.8) is 0 Å². The van der Waals surface area contributed by atoms with Crippen LogP contribution in [0.1, 0.15) is 17.3 Å². The molecule has 1 N–H and O–H groups in total. The molecular formula is C25H20N4O3S3. The van der Waals surface area contributed by atoms with Crippen LogP contribution in [0.15, 0.2) is 89.1 Å². The Hall–Kier alpha value is -3.60. The molecule has 35 heavy (non-hydrogen) atoms. The first kappa shape index (κ1) is 23.2. The van der Waals surface area contributed by atoms with Crippen molar-refractivity contribution in [2.45, 2.75) is 11.8 Å². The van der Waals surface area contributed by atoms with Crippen molar-refractivity contribution < 1.29 is 13.2 Å². The van der Waals surface area contributed by atoms with Crippen LogP contribution in [0.2, 0.25) is 0 Å². The van der Waals surface area contributed by atoms with Gasteiger partial charge in [0.05, 0.1) is 20.8 Å². The van der Waals surface area contributed by atoms with Crippen LogP contribution in [0.5, 0.6) is 0 Å². The van der Waals surface area contributed by atoms with E-state index in [0.717, 1.165) is 15.2 Å². The lowest BCUT2D eigenvalue weighted by molar-refractivity contribution is 0.102. The number of para-hydroxylation sites is 2. The van der Waals surface area contributed by atoms with Gasteiger partial charge < -0.3 is 0 Å². The van der Waals surface area contributed by atoms with Crippen LogP contribution in [0.4, 0.5) is 10.8 Å². The highest BCUT2D eigenvalue weighted by atomic mass is 32.2. The topological polar surface area (TPSA) is 92.3 Å². The predicted octanol–water partition coefficient (Wildman–Crippen LogP) is 5.89. The third-order valence-electron chi connectivity index (χ3n) is 5.27. The molecule has 2 heterocycles. The van der Waals surface area contributed by atoms with Crippen molar-refractivity contribution in [2.75, 3.05) is 16.2 Å². The highest BCUT2D eigenvalue weighted by molar-refractivity contribution is 7.92. The molecular weight excluding hydrogens is 501 g/mol. The van der Waals surface area contributed by atoms with E-state index in [-0.39, 0.29) is 17.3 Å². The number of nitrogens with zero attached hydrogens (tertiary/aromatic N) is 3. The van der Waals surface area contributed by atoms with Gasteiger partial charge in [0.2, 0.25) is 0 Å². The lowest BCUT2D eigenvalue weighted by Gasteiger charge is -2.22. The number of benzene rings is 3. The van der Waals surface area contributed by atoms with Crippen LogP contribution in [-0.2, 0) is 10.0 Å². The molecule has 0 aliphatic carbocycles. The van der Waals surface area contributed by atoms with E-state index >= 15 is 0 Å². The Labute approximate surface area is 210 Å². The minimum Gasteiger partial charge on any atom is -0.298 e. The van der Waals surface area contributed by atoms with Gasteiger partial charge in [-0.05, 0) is 55.5 Å². The van der Waals surface area contributed by atoms with Crippen molar-refractivity contribution in [2.24, 2.45) is 0 Å². The first-order chi connectivity index (χ1) is 17.0. The quantitative estimate of drug-likeness (QED) is 0.289. The Morgan fingerprint density at radius 1 is 0.943 bits per heavy atom. The highest BCUT2D eigenvalue weighted by Crippen LogP contribution is 2.32. The summed E-state index contributed by atoms with van der Waals surface area (Å²) < 4.78 is 28.7. The van der Waals surface area contributed by atoms with Crippen molar-refractivity contribution in [1.82, 2.24) is 9.97 Å². The van der Waals surface area contributed by atoms with Crippen LogP contribution in [0.25, 0.3) is 20.9 Å². The maximum Gasteiger partial charge on any atom is 0.264 e. The summed E-state index contributed by atoms with van der Waals surface area (Å²) in [7, 11) is -3.76. The molecule has 0 saturated carbocycles. The normalized spacial score (nSPS) is 11.5. The number of carbonyl (C=O) groups is 1. The van der Waals surface area contributed by atoms with Gasteiger partial charge in [0.1, 0.15) is 10.7 Å². The van der Waals surface area contributed by atoms with Crippen LogP contribution < -0.4 is 9.62 Å². The summed E-state index contributed by atoms with van der Waals surface area (Å²) in [5, 5.41) is 5.87. The molecule has 0 aliphatic rings. The average Bonchev–Trinajstić information content (AvgIpc) is 3.52. The number of hydrogen-bond acceptors (Lipinski definition) is 7. The Bertz CT molecular complexity index is 1560. The molecule has 176 valence electrons. The van der Waals surface area contributed by atoms with Crippen LogP contribution in [-0.4, -0.2) is 30.8 Å². The van der Waals surface area contributed by atoms with Crippen molar-refractivity contribution in [1.29, 1.82) is 0 Å². The summed E-state index contributed by atoms with van der Waals surface area (Å²) in [6.45, 7) is 2.07. The molecule has 3 aromatic carbocycles. The fourth-order valence-electron chi connectivity index (χ4n) is 3.57. The number of hydrogen-bond donors (Lipinski definition) is 1. The van der Waals surface area contributed by atoms with Gasteiger partial charge in [-0.2, -0.15) is 0 Å². The van der Waals surface area contributed by atoms with Crippen LogP contribution in [0, 0.1) is 0 Å². The number of fused-ring (bicyclic) bond motifs is 1. The third-order valence-corrected chi connectivity index (χ3v) is 9.01. The smallest absolute Gasteiger partial charge is 0.264 e. The van der Waals surface area contributed by atoms with Gasteiger partial charge in [0, 0.05) is 17.5 Å². The Balaban J connectivity index is 1.31. The first-order valence-corrected chi connectivity index (χ1v) is 13.9. The van der Waals surface area contributed by atoms with Gasteiger partial charge in [-0.1, -0.05) is 30.3 Å². The van der Waals surface area contributed by atoms with E-state index in [1.165, 1.54) is 39.9 Å². The maximum absolute atomic E-state index is 13.2. The second kappa shape index (κ2) is 9.57. The van der Waals surface area contributed by atoms with E-state index in [9.17, 15) is 13.2 Å². The number of amides is 1. The lowest BCUT2D eigenvalue weighted by atomic mass is 10.2. The lowest BCUT2D eigenvalue weighted by Crippen LogP contribution is -2.30. The van der Waals surface area contributed by atoms with E-state index < -0.39 is 10.0 Å². The zero-order chi connectivity index (χ0) is 24.4. The minimum absolute atomic E-state index is 0.118. The van der Waals surface area contributed by atoms with E-state index in [2.05, 4.69) is 15.3 Å². The standard InChI is InChI=1S/C25H20N4O3S3/c1-2-29(18-8-4-3-5-9-18)35(31,32)19-14-12-17(13-15-19)23(30)28-25-27-21(16-33-25)24-26-20-10-6-7-11-22(20)34-24/h3-16H,2H2,1H3,(H,27,28,30). The molecule has 0 atom stereocenters. The maximum atomic E-state index is 13.2. The molecule has 0 radical (unpaired) electrons. The minimum atomic E-state index is -3.76. The van der Waals surface area contributed by atoms with Crippen LogP contribution >= 0.6 is 22.7 Å². The summed E-state index contributed by atoms with van der Waals surface area (Å²) in [4.78, 5) is 22.0. The Morgan fingerprint density at radius 3 is 2.37 bits per heavy atom. The van der Waals surface area contributed by atoms with E-state index in [4.69, 9.17) is 0 Å². The van der Waals surface area contributed by atoms with Gasteiger partial charge in [0.15, 0.2) is 5.13 Å². The van der Waals surface area contributed by atoms with Gasteiger partial charge >= 0.3 is 0 Å². The summed E-state index contributed by atoms with van der Waals surface area (Å²) in [5.74, 6) is -0.366. The zero-order valence-corrected chi connectivity index (χ0v) is 21.0. The van der Waals surface area contributed by atoms with Gasteiger partial charge in [-0.15, -0.1) is 22.7 Å².